The van der Waals surface area contributed by atoms with Gasteiger partial charge in [0.1, 0.15) is 5.01 Å². The Labute approximate surface area is 141 Å². The molecular formula is C19H12N2O2S. The summed E-state index contributed by atoms with van der Waals surface area (Å²) in [6, 6.07) is 19.0. The van der Waals surface area contributed by atoms with Crippen LogP contribution in [-0.2, 0) is 0 Å². The second-order valence-corrected chi connectivity index (χ2v) is 6.46. The predicted molar refractivity (Wildman–Crippen MR) is 99.2 cm³/mol. The summed E-state index contributed by atoms with van der Waals surface area (Å²) in [5.74, 6) is 0. The quantitative estimate of drug-likeness (QED) is 0.366. The van der Waals surface area contributed by atoms with Gasteiger partial charge in [0.15, 0.2) is 0 Å². The Kier molecular flexibility index (Phi) is 3.55. The van der Waals surface area contributed by atoms with Crippen molar-refractivity contribution in [1.82, 2.24) is 4.98 Å². The maximum absolute atomic E-state index is 10.7. The average Bonchev–Trinajstić information content (AvgIpc) is 3.00. The fraction of sp³-hybridized carbons (Fsp3) is 0. The molecule has 24 heavy (non-hydrogen) atoms. The topological polar surface area (TPSA) is 56.0 Å². The number of hydrogen-bond acceptors (Lipinski definition) is 4. The number of non-ortho nitro benzene ring substituents is 1. The van der Waals surface area contributed by atoms with Gasteiger partial charge in [-0.1, -0.05) is 30.3 Å². The van der Waals surface area contributed by atoms with Crippen molar-refractivity contribution in [3.8, 4) is 0 Å². The number of nitro benzene ring substituents is 1. The van der Waals surface area contributed by atoms with E-state index in [1.54, 1.807) is 23.5 Å². The lowest BCUT2D eigenvalue weighted by Crippen LogP contribution is -1.86. The lowest BCUT2D eigenvalue weighted by atomic mass is 10.1. The monoisotopic (exact) mass is 332 g/mol. The smallest absolute Gasteiger partial charge is 0.258 e. The summed E-state index contributed by atoms with van der Waals surface area (Å²) in [6.45, 7) is 0. The minimum absolute atomic E-state index is 0.0961. The Morgan fingerprint density at radius 2 is 1.67 bits per heavy atom. The van der Waals surface area contributed by atoms with Crippen molar-refractivity contribution in [2.45, 2.75) is 0 Å². The Morgan fingerprint density at radius 3 is 2.38 bits per heavy atom. The molecule has 0 amide bonds. The van der Waals surface area contributed by atoms with Gasteiger partial charge in [-0.3, -0.25) is 10.1 Å². The summed E-state index contributed by atoms with van der Waals surface area (Å²) in [6.07, 6.45) is 3.86. The number of rotatable bonds is 3. The zero-order valence-electron chi connectivity index (χ0n) is 12.5. The SMILES string of the molecule is O=[N+]([O-])c1ccc(C=Cc2nc3cc4ccccc4cc3s2)cc1. The van der Waals surface area contributed by atoms with Crippen molar-refractivity contribution in [1.29, 1.82) is 0 Å². The standard InChI is InChI=1S/C19H12N2O2S/c22-21(23)16-8-5-13(6-9-16)7-10-19-20-17-11-14-3-1-2-4-15(14)12-18(17)24-19/h1-12H. The minimum Gasteiger partial charge on any atom is -0.258 e. The molecule has 4 aromatic rings. The van der Waals surface area contributed by atoms with Crippen molar-refractivity contribution in [3.05, 3.63) is 81.3 Å². The van der Waals surface area contributed by atoms with Crippen molar-refractivity contribution in [2.24, 2.45) is 0 Å². The summed E-state index contributed by atoms with van der Waals surface area (Å²) in [4.78, 5) is 14.9. The van der Waals surface area contributed by atoms with E-state index < -0.39 is 4.92 Å². The number of nitrogens with zero attached hydrogens (tertiary/aromatic N) is 2. The molecule has 1 heterocycles. The number of fused-ring (bicyclic) bond motifs is 2. The molecule has 1 aromatic heterocycles. The molecule has 0 fully saturated rings. The molecule has 0 aliphatic carbocycles. The molecule has 0 atom stereocenters. The Hall–Kier alpha value is -3.05. The highest BCUT2D eigenvalue weighted by atomic mass is 32.1. The zero-order valence-corrected chi connectivity index (χ0v) is 13.4. The molecule has 0 unspecified atom stereocenters. The fourth-order valence-corrected chi connectivity index (χ4v) is 3.48. The first kappa shape index (κ1) is 14.5. The minimum atomic E-state index is -0.397. The van der Waals surface area contributed by atoms with Crippen LogP contribution in [0.15, 0.2) is 60.7 Å². The Morgan fingerprint density at radius 1 is 0.958 bits per heavy atom. The largest absolute Gasteiger partial charge is 0.269 e. The maximum Gasteiger partial charge on any atom is 0.269 e. The van der Waals surface area contributed by atoms with Gasteiger partial charge < -0.3 is 0 Å². The number of thiazole rings is 1. The molecule has 5 heteroatoms. The van der Waals surface area contributed by atoms with Crippen molar-refractivity contribution < 1.29 is 4.92 Å². The Balaban J connectivity index is 1.66. The predicted octanol–water partition coefficient (Wildman–Crippen LogP) is 5.53. The van der Waals surface area contributed by atoms with Gasteiger partial charge >= 0.3 is 0 Å². The number of benzene rings is 3. The highest BCUT2D eigenvalue weighted by Gasteiger charge is 2.04. The van der Waals surface area contributed by atoms with E-state index in [1.807, 2.05) is 24.3 Å². The molecule has 0 spiro atoms. The van der Waals surface area contributed by atoms with Crippen LogP contribution in [0.4, 0.5) is 5.69 Å². The van der Waals surface area contributed by atoms with Crippen molar-refractivity contribution in [2.75, 3.05) is 0 Å². The summed E-state index contributed by atoms with van der Waals surface area (Å²) in [7, 11) is 0. The van der Waals surface area contributed by atoms with Gasteiger partial charge in [0, 0.05) is 12.1 Å². The van der Waals surface area contributed by atoms with Crippen LogP contribution in [0.25, 0.3) is 33.1 Å². The molecule has 0 saturated carbocycles. The van der Waals surface area contributed by atoms with Gasteiger partial charge in [0.05, 0.1) is 15.1 Å². The molecule has 0 radical (unpaired) electrons. The molecule has 0 aliphatic heterocycles. The van der Waals surface area contributed by atoms with E-state index in [1.165, 1.54) is 22.9 Å². The first-order valence-electron chi connectivity index (χ1n) is 7.41. The maximum atomic E-state index is 10.7. The molecule has 0 N–H and O–H groups in total. The molecule has 0 bridgehead atoms. The van der Waals surface area contributed by atoms with Crippen LogP contribution in [0.5, 0.6) is 0 Å². The van der Waals surface area contributed by atoms with E-state index in [4.69, 9.17) is 0 Å². The van der Waals surface area contributed by atoms with Crippen molar-refractivity contribution >= 4 is 50.2 Å². The van der Waals surface area contributed by atoms with E-state index >= 15 is 0 Å². The lowest BCUT2D eigenvalue weighted by Gasteiger charge is -1.95. The normalized spacial score (nSPS) is 11.5. The summed E-state index contributed by atoms with van der Waals surface area (Å²) in [5, 5.41) is 14.0. The molecular weight excluding hydrogens is 320 g/mol. The van der Waals surface area contributed by atoms with Crippen LogP contribution >= 0.6 is 11.3 Å². The van der Waals surface area contributed by atoms with Gasteiger partial charge in [-0.05, 0) is 46.7 Å². The molecule has 4 rings (SSSR count). The van der Waals surface area contributed by atoms with Crippen LogP contribution < -0.4 is 0 Å². The van der Waals surface area contributed by atoms with E-state index in [0.29, 0.717) is 0 Å². The first-order valence-corrected chi connectivity index (χ1v) is 8.22. The van der Waals surface area contributed by atoms with Crippen LogP contribution in [0.2, 0.25) is 0 Å². The van der Waals surface area contributed by atoms with Gasteiger partial charge in [0.25, 0.3) is 5.69 Å². The number of nitro groups is 1. The summed E-state index contributed by atoms with van der Waals surface area (Å²) in [5.41, 5.74) is 1.99. The zero-order chi connectivity index (χ0) is 16.5. The molecule has 116 valence electrons. The third-order valence-corrected chi connectivity index (χ3v) is 4.78. The second-order valence-electron chi connectivity index (χ2n) is 5.40. The third kappa shape index (κ3) is 2.77. The van der Waals surface area contributed by atoms with Crippen LogP contribution in [0.3, 0.4) is 0 Å². The number of hydrogen-bond donors (Lipinski definition) is 0. The van der Waals surface area contributed by atoms with E-state index in [0.717, 1.165) is 20.8 Å². The van der Waals surface area contributed by atoms with Crippen LogP contribution in [-0.4, -0.2) is 9.91 Å². The van der Waals surface area contributed by atoms with Gasteiger partial charge in [0.2, 0.25) is 0 Å². The lowest BCUT2D eigenvalue weighted by molar-refractivity contribution is -0.384. The second kappa shape index (κ2) is 5.86. The molecule has 0 saturated heterocycles. The summed E-state index contributed by atoms with van der Waals surface area (Å²) >= 11 is 1.63. The van der Waals surface area contributed by atoms with E-state index in [9.17, 15) is 10.1 Å². The van der Waals surface area contributed by atoms with E-state index in [2.05, 4.69) is 29.2 Å². The van der Waals surface area contributed by atoms with Gasteiger partial charge in [-0.15, -0.1) is 11.3 Å². The van der Waals surface area contributed by atoms with Gasteiger partial charge in [-0.25, -0.2) is 4.98 Å². The molecule has 4 nitrogen and oxygen atoms in total. The Bertz CT molecular complexity index is 1030. The average molecular weight is 332 g/mol. The fourth-order valence-electron chi connectivity index (χ4n) is 2.58. The van der Waals surface area contributed by atoms with Gasteiger partial charge in [-0.2, -0.15) is 0 Å². The summed E-state index contributed by atoms with van der Waals surface area (Å²) < 4.78 is 1.15. The van der Waals surface area contributed by atoms with Crippen LogP contribution in [0.1, 0.15) is 10.6 Å². The van der Waals surface area contributed by atoms with Crippen molar-refractivity contribution in [3.63, 3.8) is 0 Å². The number of aromatic nitrogens is 1. The molecule has 0 aliphatic rings. The highest BCUT2D eigenvalue weighted by molar-refractivity contribution is 7.19. The first-order chi connectivity index (χ1) is 11.7. The highest BCUT2D eigenvalue weighted by Crippen LogP contribution is 2.28. The van der Waals surface area contributed by atoms with Crippen LogP contribution in [0, 0.1) is 10.1 Å². The third-order valence-electron chi connectivity index (χ3n) is 3.79. The molecule has 3 aromatic carbocycles. The van der Waals surface area contributed by atoms with E-state index in [-0.39, 0.29) is 5.69 Å².